The number of ether oxygens (including phenoxy) is 1. The second-order valence-corrected chi connectivity index (χ2v) is 7.90. The second kappa shape index (κ2) is 7.04. The molecule has 0 bridgehead atoms. The van der Waals surface area contributed by atoms with Crippen LogP contribution >= 0.6 is 0 Å². The monoisotopic (exact) mass is 344 g/mol. The van der Waals surface area contributed by atoms with Crippen LogP contribution in [0, 0.1) is 5.92 Å². The molecule has 25 heavy (non-hydrogen) atoms. The molecule has 1 fully saturated rings. The van der Waals surface area contributed by atoms with E-state index in [1.165, 1.54) is 19.3 Å². The van der Waals surface area contributed by atoms with Gasteiger partial charge in [-0.15, -0.1) is 0 Å². The van der Waals surface area contributed by atoms with Gasteiger partial charge in [0.05, 0.1) is 12.2 Å². The highest BCUT2D eigenvalue weighted by molar-refractivity contribution is 5.68. The fraction of sp³-hybridized carbons (Fsp3) is 0.579. The molecular weight excluding hydrogens is 316 g/mol. The zero-order valence-electron chi connectivity index (χ0n) is 15.4. The normalized spacial score (nSPS) is 15.2. The maximum absolute atomic E-state index is 12.6. The van der Waals surface area contributed by atoms with Gasteiger partial charge in [-0.3, -0.25) is 0 Å². The van der Waals surface area contributed by atoms with Gasteiger partial charge in [0, 0.05) is 25.5 Å². The molecule has 0 radical (unpaired) electrons. The lowest BCUT2D eigenvalue weighted by Gasteiger charge is -2.33. The highest BCUT2D eigenvalue weighted by atomic mass is 16.6. The molecule has 1 aliphatic carbocycles. The Balaban J connectivity index is 1.77. The summed E-state index contributed by atoms with van der Waals surface area (Å²) in [5.74, 6) is 0.591. The van der Waals surface area contributed by atoms with Crippen LogP contribution in [0.2, 0.25) is 0 Å². The Kier molecular flexibility index (Phi) is 4.99. The standard InChI is InChI=1S/C19H28N4O2/c1-19(2,3)25-18(24)23(10-14-5-4-6-14)12-15-7-8-17-21-16(9-20)13-22(17)11-15/h7-8,11,13-14H,4-6,9-10,12,20H2,1-3H3. The van der Waals surface area contributed by atoms with Gasteiger partial charge in [-0.1, -0.05) is 12.5 Å². The first-order chi connectivity index (χ1) is 11.8. The molecule has 0 unspecified atom stereocenters. The highest BCUT2D eigenvalue weighted by Gasteiger charge is 2.27. The van der Waals surface area contributed by atoms with Crippen LogP contribution in [0.15, 0.2) is 24.5 Å². The van der Waals surface area contributed by atoms with Crippen molar-refractivity contribution in [2.45, 2.75) is 58.7 Å². The summed E-state index contributed by atoms with van der Waals surface area (Å²) in [6.07, 6.45) is 7.35. The van der Waals surface area contributed by atoms with Gasteiger partial charge in [0.2, 0.25) is 0 Å². The third-order valence-electron chi connectivity index (χ3n) is 4.50. The van der Waals surface area contributed by atoms with E-state index in [1.54, 1.807) is 0 Å². The van der Waals surface area contributed by atoms with Gasteiger partial charge < -0.3 is 19.8 Å². The highest BCUT2D eigenvalue weighted by Crippen LogP contribution is 2.28. The van der Waals surface area contributed by atoms with Gasteiger partial charge in [-0.25, -0.2) is 9.78 Å². The third-order valence-corrected chi connectivity index (χ3v) is 4.50. The summed E-state index contributed by atoms with van der Waals surface area (Å²) in [7, 11) is 0. The number of hydrogen-bond acceptors (Lipinski definition) is 4. The molecule has 3 rings (SSSR count). The fourth-order valence-corrected chi connectivity index (χ4v) is 3.02. The first kappa shape index (κ1) is 17.7. The summed E-state index contributed by atoms with van der Waals surface area (Å²) < 4.78 is 7.57. The minimum absolute atomic E-state index is 0.243. The molecule has 0 aromatic carbocycles. The van der Waals surface area contributed by atoms with Gasteiger partial charge >= 0.3 is 6.09 Å². The van der Waals surface area contributed by atoms with Crippen LogP contribution in [0.1, 0.15) is 51.3 Å². The molecule has 0 spiro atoms. The van der Waals surface area contributed by atoms with Gasteiger partial charge in [-0.05, 0) is 51.2 Å². The number of aromatic nitrogens is 2. The van der Waals surface area contributed by atoms with Crippen LogP contribution in [-0.4, -0.2) is 32.5 Å². The molecule has 1 aliphatic rings. The smallest absolute Gasteiger partial charge is 0.410 e. The summed E-state index contributed by atoms with van der Waals surface area (Å²) in [5, 5.41) is 0. The molecule has 0 atom stereocenters. The summed E-state index contributed by atoms with van der Waals surface area (Å²) in [4.78, 5) is 18.9. The summed E-state index contributed by atoms with van der Waals surface area (Å²) >= 11 is 0. The van der Waals surface area contributed by atoms with Crippen LogP contribution in [0.4, 0.5) is 4.79 Å². The summed E-state index contributed by atoms with van der Waals surface area (Å²) in [5.41, 5.74) is 7.95. The Bertz CT molecular complexity index is 743. The van der Waals surface area contributed by atoms with Crippen LogP contribution in [0.5, 0.6) is 0 Å². The van der Waals surface area contributed by atoms with Gasteiger partial charge in [0.25, 0.3) is 0 Å². The Morgan fingerprint density at radius 2 is 2.12 bits per heavy atom. The van der Waals surface area contributed by atoms with Crippen molar-refractivity contribution in [3.05, 3.63) is 35.8 Å². The van der Waals surface area contributed by atoms with Crippen molar-refractivity contribution < 1.29 is 9.53 Å². The lowest BCUT2D eigenvalue weighted by molar-refractivity contribution is 0.0173. The number of nitrogens with zero attached hydrogens (tertiary/aromatic N) is 3. The SMILES string of the molecule is CC(C)(C)OC(=O)N(Cc1ccc2nc(CN)cn2c1)CC1CCC1. The first-order valence-electron chi connectivity index (χ1n) is 8.98. The van der Waals surface area contributed by atoms with Crippen molar-refractivity contribution in [2.24, 2.45) is 11.7 Å². The van der Waals surface area contributed by atoms with Crippen molar-refractivity contribution >= 4 is 11.7 Å². The quantitative estimate of drug-likeness (QED) is 0.903. The molecule has 6 nitrogen and oxygen atoms in total. The lowest BCUT2D eigenvalue weighted by atomic mass is 9.85. The van der Waals surface area contributed by atoms with Crippen LogP contribution in [0.25, 0.3) is 5.65 Å². The molecular formula is C19H28N4O2. The number of rotatable bonds is 5. The predicted octanol–water partition coefficient (Wildman–Crippen LogP) is 3.33. The Hall–Kier alpha value is -2.08. The Labute approximate surface area is 149 Å². The van der Waals surface area contributed by atoms with Crippen molar-refractivity contribution in [3.8, 4) is 0 Å². The van der Waals surface area contributed by atoms with E-state index in [0.717, 1.165) is 23.4 Å². The fourth-order valence-electron chi connectivity index (χ4n) is 3.02. The van der Waals surface area contributed by atoms with Crippen LogP contribution < -0.4 is 5.73 Å². The van der Waals surface area contributed by atoms with E-state index >= 15 is 0 Å². The van der Waals surface area contributed by atoms with E-state index in [2.05, 4.69) is 4.98 Å². The van der Waals surface area contributed by atoms with Gasteiger partial charge in [-0.2, -0.15) is 0 Å². The number of pyridine rings is 1. The molecule has 2 aromatic heterocycles. The average molecular weight is 344 g/mol. The molecule has 0 aliphatic heterocycles. The number of fused-ring (bicyclic) bond motifs is 1. The van der Waals surface area contributed by atoms with Crippen molar-refractivity contribution in [2.75, 3.05) is 6.54 Å². The van der Waals surface area contributed by atoms with E-state index in [0.29, 0.717) is 19.0 Å². The molecule has 2 heterocycles. The molecule has 136 valence electrons. The molecule has 2 aromatic rings. The molecule has 2 N–H and O–H groups in total. The largest absolute Gasteiger partial charge is 0.444 e. The maximum Gasteiger partial charge on any atom is 0.410 e. The van der Waals surface area contributed by atoms with Crippen molar-refractivity contribution in [1.82, 2.24) is 14.3 Å². The Morgan fingerprint density at radius 1 is 1.36 bits per heavy atom. The minimum Gasteiger partial charge on any atom is -0.444 e. The third kappa shape index (κ3) is 4.51. The summed E-state index contributed by atoms with van der Waals surface area (Å²) in [6.45, 7) is 7.42. The zero-order chi connectivity index (χ0) is 18.0. The molecule has 0 saturated heterocycles. The van der Waals surface area contributed by atoms with Crippen molar-refractivity contribution in [3.63, 3.8) is 0 Å². The number of carbonyl (C=O) groups excluding carboxylic acids is 1. The Morgan fingerprint density at radius 3 is 2.72 bits per heavy atom. The van der Waals surface area contributed by atoms with Crippen molar-refractivity contribution in [1.29, 1.82) is 0 Å². The summed E-state index contributed by atoms with van der Waals surface area (Å²) in [6, 6.07) is 3.98. The number of amides is 1. The van der Waals surface area contributed by atoms with Gasteiger partial charge in [0.1, 0.15) is 11.2 Å². The second-order valence-electron chi connectivity index (χ2n) is 7.90. The predicted molar refractivity (Wildman–Crippen MR) is 97.1 cm³/mol. The molecule has 1 amide bonds. The van der Waals surface area contributed by atoms with E-state index < -0.39 is 5.60 Å². The van der Waals surface area contributed by atoms with E-state index in [1.807, 2.05) is 54.6 Å². The van der Waals surface area contributed by atoms with E-state index in [4.69, 9.17) is 10.5 Å². The van der Waals surface area contributed by atoms with E-state index in [-0.39, 0.29) is 6.09 Å². The molecule has 6 heteroatoms. The van der Waals surface area contributed by atoms with Crippen LogP contribution in [-0.2, 0) is 17.8 Å². The zero-order valence-corrected chi connectivity index (χ0v) is 15.4. The van der Waals surface area contributed by atoms with Gasteiger partial charge in [0.15, 0.2) is 0 Å². The minimum atomic E-state index is -0.487. The molecule has 1 saturated carbocycles. The number of carbonyl (C=O) groups is 1. The number of hydrogen-bond donors (Lipinski definition) is 1. The van der Waals surface area contributed by atoms with E-state index in [9.17, 15) is 4.79 Å². The lowest BCUT2D eigenvalue weighted by Crippen LogP contribution is -2.40. The number of imidazole rings is 1. The van der Waals surface area contributed by atoms with Crippen LogP contribution in [0.3, 0.4) is 0 Å². The topological polar surface area (TPSA) is 72.9 Å². The first-order valence-corrected chi connectivity index (χ1v) is 8.98. The average Bonchev–Trinajstić information content (AvgIpc) is 2.90. The number of nitrogens with two attached hydrogens (primary N) is 1. The maximum atomic E-state index is 12.6.